The maximum absolute atomic E-state index is 8.81. The van der Waals surface area contributed by atoms with Crippen LogP contribution in [0.25, 0.3) is 0 Å². The molecule has 0 unspecified atom stereocenters. The smallest absolute Gasteiger partial charge is 0.158 e. The van der Waals surface area contributed by atoms with Gasteiger partial charge in [0.25, 0.3) is 0 Å². The second-order valence-electron chi connectivity index (χ2n) is 6.78. The van der Waals surface area contributed by atoms with Crippen LogP contribution in [0.1, 0.15) is 30.0 Å². The van der Waals surface area contributed by atoms with E-state index >= 15 is 0 Å². The molecule has 7 heteroatoms. The van der Waals surface area contributed by atoms with Crippen molar-refractivity contribution in [2.45, 2.75) is 31.8 Å². The van der Waals surface area contributed by atoms with Crippen LogP contribution in [-0.4, -0.2) is 46.0 Å². The van der Waals surface area contributed by atoms with Crippen LogP contribution in [-0.2, 0) is 6.54 Å². The number of anilines is 1. The van der Waals surface area contributed by atoms with Crippen LogP contribution >= 0.6 is 11.3 Å². The molecule has 3 heterocycles. The third-order valence-electron chi connectivity index (χ3n) is 5.38. The van der Waals surface area contributed by atoms with Gasteiger partial charge in [-0.15, -0.1) is 11.3 Å². The minimum Gasteiger partial charge on any atom is -0.355 e. The Bertz CT molecular complexity index is 727. The summed E-state index contributed by atoms with van der Waals surface area (Å²) in [5, 5.41) is 12.1. The van der Waals surface area contributed by atoms with E-state index in [2.05, 4.69) is 31.8 Å². The minimum atomic E-state index is 0.373. The van der Waals surface area contributed by atoms with Crippen molar-refractivity contribution < 1.29 is 0 Å². The minimum absolute atomic E-state index is 0.373. The van der Waals surface area contributed by atoms with Crippen molar-refractivity contribution in [2.75, 3.05) is 25.0 Å². The summed E-state index contributed by atoms with van der Waals surface area (Å²) in [7, 11) is 2.22. The molecule has 1 aliphatic heterocycles. The lowest BCUT2D eigenvalue weighted by Gasteiger charge is -2.34. The van der Waals surface area contributed by atoms with Gasteiger partial charge in [0, 0.05) is 30.7 Å². The fraction of sp³-hybridized carbons (Fsp3) is 0.529. The van der Waals surface area contributed by atoms with E-state index in [0.29, 0.717) is 17.2 Å². The van der Waals surface area contributed by atoms with Gasteiger partial charge in [0.15, 0.2) is 5.69 Å². The third kappa shape index (κ3) is 2.87. The van der Waals surface area contributed by atoms with Crippen molar-refractivity contribution in [3.05, 3.63) is 34.7 Å². The van der Waals surface area contributed by atoms with Crippen LogP contribution in [0.3, 0.4) is 0 Å². The highest BCUT2D eigenvalue weighted by molar-refractivity contribution is 7.09. The van der Waals surface area contributed by atoms with Gasteiger partial charge < -0.3 is 4.90 Å². The molecule has 1 saturated heterocycles. The van der Waals surface area contributed by atoms with E-state index in [1.54, 1.807) is 23.7 Å². The van der Waals surface area contributed by atoms with Gasteiger partial charge in [0.1, 0.15) is 16.9 Å². The van der Waals surface area contributed by atoms with Gasteiger partial charge in [-0.25, -0.2) is 15.0 Å². The number of thiazole rings is 1. The second-order valence-corrected chi connectivity index (χ2v) is 7.76. The molecular weight excluding hydrogens is 320 g/mol. The molecule has 1 atom stereocenters. The molecule has 6 nitrogen and oxygen atoms in total. The Morgan fingerprint density at radius 3 is 2.79 bits per heavy atom. The average Bonchev–Trinajstić information content (AvgIpc) is 3.07. The van der Waals surface area contributed by atoms with E-state index in [-0.39, 0.29) is 0 Å². The summed E-state index contributed by atoms with van der Waals surface area (Å²) in [5.74, 6) is 0.886. The number of nitriles is 1. The van der Waals surface area contributed by atoms with Crippen molar-refractivity contribution in [2.24, 2.45) is 5.41 Å². The topological polar surface area (TPSA) is 68.9 Å². The summed E-state index contributed by atoms with van der Waals surface area (Å²) in [5.41, 5.74) is 0.848. The van der Waals surface area contributed by atoms with Gasteiger partial charge in [-0.2, -0.15) is 5.26 Å². The highest BCUT2D eigenvalue weighted by Gasteiger charge is 2.56. The summed E-state index contributed by atoms with van der Waals surface area (Å²) in [6, 6.07) is 2.69. The van der Waals surface area contributed by atoms with Gasteiger partial charge in [-0.3, -0.25) is 4.90 Å². The number of hydrogen-bond acceptors (Lipinski definition) is 7. The summed E-state index contributed by atoms with van der Waals surface area (Å²) in [4.78, 5) is 17.7. The predicted octanol–water partition coefficient (Wildman–Crippen LogP) is 2.30. The van der Waals surface area contributed by atoms with Gasteiger partial charge >= 0.3 is 0 Å². The molecule has 2 aromatic heterocycles. The van der Waals surface area contributed by atoms with Crippen molar-refractivity contribution in [3.63, 3.8) is 0 Å². The zero-order valence-electron chi connectivity index (χ0n) is 13.7. The number of aromatic nitrogens is 3. The fourth-order valence-corrected chi connectivity index (χ4v) is 4.54. The van der Waals surface area contributed by atoms with Crippen molar-refractivity contribution in [1.82, 2.24) is 19.9 Å². The highest BCUT2D eigenvalue weighted by atomic mass is 32.1. The lowest BCUT2D eigenvalue weighted by molar-refractivity contribution is 0.238. The summed E-state index contributed by atoms with van der Waals surface area (Å²) >= 11 is 1.73. The number of nitrogens with zero attached hydrogens (tertiary/aromatic N) is 6. The molecule has 0 bridgehead atoms. The molecule has 0 aromatic carbocycles. The Morgan fingerprint density at radius 2 is 2.17 bits per heavy atom. The van der Waals surface area contributed by atoms with Gasteiger partial charge in [-0.05, 0) is 31.7 Å². The van der Waals surface area contributed by atoms with Crippen LogP contribution in [0, 0.1) is 16.7 Å². The Labute approximate surface area is 145 Å². The molecule has 0 N–H and O–H groups in total. The molecule has 2 aromatic rings. The van der Waals surface area contributed by atoms with Crippen LogP contribution in [0.2, 0.25) is 0 Å². The molecule has 24 heavy (non-hydrogen) atoms. The quantitative estimate of drug-likeness (QED) is 0.851. The van der Waals surface area contributed by atoms with Crippen molar-refractivity contribution >= 4 is 17.2 Å². The van der Waals surface area contributed by atoms with Crippen molar-refractivity contribution in [1.29, 1.82) is 5.26 Å². The molecule has 1 spiro atoms. The number of rotatable bonds is 4. The molecule has 2 aliphatic rings. The Balaban J connectivity index is 1.34. The predicted molar refractivity (Wildman–Crippen MR) is 92.6 cm³/mol. The molecule has 4 rings (SSSR count). The largest absolute Gasteiger partial charge is 0.355 e. The molecule has 124 valence electrons. The van der Waals surface area contributed by atoms with Crippen LogP contribution in [0.4, 0.5) is 5.82 Å². The molecule has 1 saturated carbocycles. The summed E-state index contributed by atoms with van der Waals surface area (Å²) < 4.78 is 0. The molecule has 2 fully saturated rings. The highest BCUT2D eigenvalue weighted by Crippen LogP contribution is 2.56. The fourth-order valence-electron chi connectivity index (χ4n) is 3.86. The summed E-state index contributed by atoms with van der Waals surface area (Å²) in [6.45, 7) is 2.99. The first-order valence-electron chi connectivity index (χ1n) is 8.26. The first-order chi connectivity index (χ1) is 11.7. The molecule has 1 aliphatic carbocycles. The standard InChI is InChI=1S/C17H20N6S/c1-22(12-16-19-4-7-24-16)14-8-17(14)2-5-23(6-3-17)15-11-20-13(9-18)10-21-15/h4,7,10-11,14H,2-3,5-6,8,12H2,1H3/t14-/m0/s1. The van der Waals surface area contributed by atoms with Gasteiger partial charge in [-0.1, -0.05) is 0 Å². The zero-order valence-corrected chi connectivity index (χ0v) is 14.5. The van der Waals surface area contributed by atoms with Gasteiger partial charge in [0.2, 0.25) is 0 Å². The lowest BCUT2D eigenvalue weighted by atomic mass is 9.92. The second kappa shape index (κ2) is 6.11. The molecule has 0 amide bonds. The van der Waals surface area contributed by atoms with E-state index in [0.717, 1.165) is 25.5 Å². The first kappa shape index (κ1) is 15.5. The van der Waals surface area contributed by atoms with Crippen LogP contribution in [0.15, 0.2) is 24.0 Å². The van der Waals surface area contributed by atoms with Crippen molar-refractivity contribution in [3.8, 4) is 6.07 Å². The Hall–Kier alpha value is -2.04. The maximum atomic E-state index is 8.81. The SMILES string of the molecule is CN(Cc1nccs1)[C@H]1CC12CCN(c1cnc(C#N)cn1)CC2. The van der Waals surface area contributed by atoms with E-state index in [1.807, 2.05) is 17.6 Å². The van der Waals surface area contributed by atoms with E-state index < -0.39 is 0 Å². The number of piperidine rings is 1. The third-order valence-corrected chi connectivity index (χ3v) is 6.15. The Kier molecular flexibility index (Phi) is 3.94. The first-order valence-corrected chi connectivity index (χ1v) is 9.14. The maximum Gasteiger partial charge on any atom is 0.158 e. The average molecular weight is 340 g/mol. The van der Waals surface area contributed by atoms with E-state index in [9.17, 15) is 0 Å². The normalized spacial score (nSPS) is 21.9. The monoisotopic (exact) mass is 340 g/mol. The van der Waals surface area contributed by atoms with Crippen LogP contribution in [0.5, 0.6) is 0 Å². The van der Waals surface area contributed by atoms with Crippen LogP contribution < -0.4 is 4.90 Å². The molecular formula is C17H20N6S. The zero-order chi connectivity index (χ0) is 16.6. The van der Waals surface area contributed by atoms with E-state index in [1.165, 1.54) is 24.3 Å². The van der Waals surface area contributed by atoms with E-state index in [4.69, 9.17) is 5.26 Å². The van der Waals surface area contributed by atoms with Gasteiger partial charge in [0.05, 0.1) is 18.9 Å². The molecule has 0 radical (unpaired) electrons. The summed E-state index contributed by atoms with van der Waals surface area (Å²) in [6.07, 6.45) is 8.84. The lowest BCUT2D eigenvalue weighted by Crippen LogP contribution is -2.38. The number of hydrogen-bond donors (Lipinski definition) is 0. The Morgan fingerprint density at radius 1 is 1.33 bits per heavy atom.